The van der Waals surface area contributed by atoms with Crippen molar-refractivity contribution in [2.24, 2.45) is 0 Å². The SMILES string of the molecule is COCCC(C)NC(=O)c1ccc(N)c(F)c1. The molecule has 3 N–H and O–H groups in total. The van der Waals surface area contributed by atoms with Crippen molar-refractivity contribution in [3.8, 4) is 0 Å². The van der Waals surface area contributed by atoms with E-state index in [2.05, 4.69) is 5.32 Å². The number of carbonyl (C=O) groups excluding carboxylic acids is 1. The number of hydrogen-bond donors (Lipinski definition) is 2. The molecular formula is C12H17FN2O2. The summed E-state index contributed by atoms with van der Waals surface area (Å²) in [6.45, 7) is 2.43. The van der Waals surface area contributed by atoms with Gasteiger partial charge in [-0.3, -0.25) is 4.79 Å². The molecule has 0 spiro atoms. The first kappa shape index (κ1) is 13.4. The van der Waals surface area contributed by atoms with E-state index < -0.39 is 5.82 Å². The fraction of sp³-hybridized carbons (Fsp3) is 0.417. The molecule has 1 aromatic rings. The van der Waals surface area contributed by atoms with Crippen LogP contribution in [0.3, 0.4) is 0 Å². The van der Waals surface area contributed by atoms with Gasteiger partial charge in [-0.25, -0.2) is 4.39 Å². The standard InChI is InChI=1S/C12H17FN2O2/c1-8(5-6-17-2)15-12(16)9-3-4-11(14)10(13)7-9/h3-4,7-8H,5-6,14H2,1-2H3,(H,15,16). The van der Waals surface area contributed by atoms with Gasteiger partial charge in [0.1, 0.15) is 5.82 Å². The van der Waals surface area contributed by atoms with Crippen LogP contribution in [0.1, 0.15) is 23.7 Å². The number of benzene rings is 1. The van der Waals surface area contributed by atoms with Gasteiger partial charge in [0, 0.05) is 25.3 Å². The van der Waals surface area contributed by atoms with Crippen LogP contribution in [0.5, 0.6) is 0 Å². The maximum Gasteiger partial charge on any atom is 0.251 e. The molecule has 4 nitrogen and oxygen atoms in total. The summed E-state index contributed by atoms with van der Waals surface area (Å²) in [5.74, 6) is -0.894. The summed E-state index contributed by atoms with van der Waals surface area (Å²) in [7, 11) is 1.60. The van der Waals surface area contributed by atoms with Gasteiger partial charge in [0.2, 0.25) is 0 Å². The van der Waals surface area contributed by atoms with Crippen molar-refractivity contribution >= 4 is 11.6 Å². The molecule has 0 aromatic heterocycles. The molecule has 0 aliphatic heterocycles. The lowest BCUT2D eigenvalue weighted by molar-refractivity contribution is 0.0929. The lowest BCUT2D eigenvalue weighted by Crippen LogP contribution is -2.33. The van der Waals surface area contributed by atoms with E-state index in [-0.39, 0.29) is 23.2 Å². The van der Waals surface area contributed by atoms with Crippen LogP contribution in [0.4, 0.5) is 10.1 Å². The van der Waals surface area contributed by atoms with Crippen LogP contribution in [0.25, 0.3) is 0 Å². The monoisotopic (exact) mass is 240 g/mol. The molecule has 1 aromatic carbocycles. The summed E-state index contributed by atoms with van der Waals surface area (Å²) in [6.07, 6.45) is 0.708. The fourth-order valence-corrected chi connectivity index (χ4v) is 1.34. The third-order valence-electron chi connectivity index (χ3n) is 2.40. The lowest BCUT2D eigenvalue weighted by atomic mass is 10.1. The summed E-state index contributed by atoms with van der Waals surface area (Å²) in [5, 5.41) is 2.75. The summed E-state index contributed by atoms with van der Waals surface area (Å²) in [4.78, 5) is 11.7. The molecule has 5 heteroatoms. The predicted molar refractivity (Wildman–Crippen MR) is 64.2 cm³/mol. The van der Waals surface area contributed by atoms with E-state index in [1.165, 1.54) is 12.1 Å². The third kappa shape index (κ3) is 4.03. The first-order valence-corrected chi connectivity index (χ1v) is 5.39. The second-order valence-corrected chi connectivity index (χ2v) is 3.89. The van der Waals surface area contributed by atoms with E-state index in [9.17, 15) is 9.18 Å². The van der Waals surface area contributed by atoms with Crippen LogP contribution in [-0.4, -0.2) is 25.7 Å². The van der Waals surface area contributed by atoms with E-state index in [1.807, 2.05) is 6.92 Å². The Morgan fingerprint density at radius 1 is 1.59 bits per heavy atom. The van der Waals surface area contributed by atoms with Crippen LogP contribution >= 0.6 is 0 Å². The Hall–Kier alpha value is -1.62. The molecule has 0 heterocycles. The Morgan fingerprint density at radius 2 is 2.29 bits per heavy atom. The average molecular weight is 240 g/mol. The molecule has 1 rings (SSSR count). The minimum Gasteiger partial charge on any atom is -0.396 e. The molecule has 0 aliphatic carbocycles. The summed E-state index contributed by atoms with van der Waals surface area (Å²) < 4.78 is 18.1. The molecule has 0 bridgehead atoms. The Bertz CT molecular complexity index is 396. The number of rotatable bonds is 5. The Labute approximate surface area is 100.0 Å². The molecule has 1 atom stereocenters. The van der Waals surface area contributed by atoms with Crippen LogP contribution in [0.15, 0.2) is 18.2 Å². The lowest BCUT2D eigenvalue weighted by Gasteiger charge is -2.13. The van der Waals surface area contributed by atoms with Crippen LogP contribution in [0.2, 0.25) is 0 Å². The van der Waals surface area contributed by atoms with Crippen molar-refractivity contribution in [2.45, 2.75) is 19.4 Å². The highest BCUT2D eigenvalue weighted by molar-refractivity contribution is 5.94. The molecule has 17 heavy (non-hydrogen) atoms. The summed E-state index contributed by atoms with van der Waals surface area (Å²) in [6, 6.07) is 3.98. The first-order chi connectivity index (χ1) is 8.04. The van der Waals surface area contributed by atoms with Gasteiger partial charge in [0.25, 0.3) is 5.91 Å². The number of hydrogen-bond acceptors (Lipinski definition) is 3. The van der Waals surface area contributed by atoms with Crippen molar-refractivity contribution in [2.75, 3.05) is 19.5 Å². The summed E-state index contributed by atoms with van der Waals surface area (Å²) in [5.41, 5.74) is 5.63. The summed E-state index contributed by atoms with van der Waals surface area (Å²) >= 11 is 0. The van der Waals surface area contributed by atoms with Gasteiger partial charge in [-0.15, -0.1) is 0 Å². The number of nitrogens with two attached hydrogens (primary N) is 1. The van der Waals surface area contributed by atoms with Gasteiger partial charge < -0.3 is 15.8 Å². The van der Waals surface area contributed by atoms with E-state index in [4.69, 9.17) is 10.5 Å². The smallest absolute Gasteiger partial charge is 0.251 e. The van der Waals surface area contributed by atoms with E-state index >= 15 is 0 Å². The minimum atomic E-state index is -0.581. The molecule has 1 unspecified atom stereocenters. The Kier molecular flexibility index (Phi) is 4.90. The van der Waals surface area contributed by atoms with Crippen molar-refractivity contribution in [1.29, 1.82) is 0 Å². The van der Waals surface area contributed by atoms with E-state index in [0.717, 1.165) is 6.07 Å². The second-order valence-electron chi connectivity index (χ2n) is 3.89. The molecule has 0 fully saturated rings. The maximum absolute atomic E-state index is 13.2. The molecule has 1 amide bonds. The highest BCUT2D eigenvalue weighted by Gasteiger charge is 2.11. The third-order valence-corrected chi connectivity index (χ3v) is 2.40. The average Bonchev–Trinajstić information content (AvgIpc) is 2.30. The number of carbonyl (C=O) groups is 1. The second kappa shape index (κ2) is 6.20. The van der Waals surface area contributed by atoms with Gasteiger partial charge >= 0.3 is 0 Å². The van der Waals surface area contributed by atoms with Gasteiger partial charge in [-0.1, -0.05) is 0 Å². The molecule has 0 saturated carbocycles. The Balaban J connectivity index is 2.60. The number of nitrogen functional groups attached to an aromatic ring is 1. The number of nitrogens with one attached hydrogen (secondary N) is 1. The van der Waals surface area contributed by atoms with Gasteiger partial charge in [0.05, 0.1) is 5.69 Å². The quantitative estimate of drug-likeness (QED) is 0.768. The zero-order valence-electron chi connectivity index (χ0n) is 10.00. The molecule has 94 valence electrons. The zero-order chi connectivity index (χ0) is 12.8. The van der Waals surface area contributed by atoms with Gasteiger partial charge in [0.15, 0.2) is 0 Å². The molecular weight excluding hydrogens is 223 g/mol. The zero-order valence-corrected chi connectivity index (χ0v) is 10.00. The topological polar surface area (TPSA) is 64.3 Å². The normalized spacial score (nSPS) is 12.2. The molecule has 0 radical (unpaired) electrons. The van der Waals surface area contributed by atoms with Crippen molar-refractivity contribution < 1.29 is 13.9 Å². The minimum absolute atomic E-state index is 0.0249. The number of halogens is 1. The van der Waals surface area contributed by atoms with Gasteiger partial charge in [-0.05, 0) is 31.5 Å². The molecule has 0 saturated heterocycles. The van der Waals surface area contributed by atoms with Crippen molar-refractivity contribution in [3.05, 3.63) is 29.6 Å². The highest BCUT2D eigenvalue weighted by atomic mass is 19.1. The van der Waals surface area contributed by atoms with Crippen LogP contribution in [0, 0.1) is 5.82 Å². The number of amides is 1. The fourth-order valence-electron chi connectivity index (χ4n) is 1.34. The maximum atomic E-state index is 13.2. The highest BCUT2D eigenvalue weighted by Crippen LogP contribution is 2.12. The van der Waals surface area contributed by atoms with Gasteiger partial charge in [-0.2, -0.15) is 0 Å². The molecule has 0 aliphatic rings. The van der Waals surface area contributed by atoms with E-state index in [0.29, 0.717) is 13.0 Å². The predicted octanol–water partition coefficient (Wildman–Crippen LogP) is 1.56. The van der Waals surface area contributed by atoms with E-state index in [1.54, 1.807) is 7.11 Å². The van der Waals surface area contributed by atoms with Crippen molar-refractivity contribution in [3.63, 3.8) is 0 Å². The number of methoxy groups -OCH3 is 1. The van der Waals surface area contributed by atoms with Crippen molar-refractivity contribution in [1.82, 2.24) is 5.32 Å². The number of anilines is 1. The van der Waals surface area contributed by atoms with Crippen LogP contribution < -0.4 is 11.1 Å². The number of ether oxygens (including phenoxy) is 1. The first-order valence-electron chi connectivity index (χ1n) is 5.39. The Morgan fingerprint density at radius 3 is 2.88 bits per heavy atom. The largest absolute Gasteiger partial charge is 0.396 e. The van der Waals surface area contributed by atoms with Crippen LogP contribution in [-0.2, 0) is 4.74 Å².